The van der Waals surface area contributed by atoms with Crippen molar-refractivity contribution in [3.05, 3.63) is 11.4 Å². The summed E-state index contributed by atoms with van der Waals surface area (Å²) in [6.45, 7) is 10.9. The first-order valence-corrected chi connectivity index (χ1v) is 4.03. The zero-order chi connectivity index (χ0) is 7.90. The van der Waals surface area contributed by atoms with Crippen LogP contribution in [0.4, 0.5) is 0 Å². The van der Waals surface area contributed by atoms with Gasteiger partial charge in [-0.05, 0) is 0 Å². The zero-order valence-electron chi connectivity index (χ0n) is 6.63. The van der Waals surface area contributed by atoms with E-state index in [1.807, 2.05) is 0 Å². The number of fused-ring (bicyclic) bond motifs is 1. The molecule has 0 aromatic carbocycles. The van der Waals surface area contributed by atoms with Crippen LogP contribution < -0.4 is 5.32 Å². The van der Waals surface area contributed by atoms with Crippen LogP contribution in [0.2, 0.25) is 0 Å². The SMILES string of the molecule is [C-]#[N+]C12CCNC1OCC2C. The Hall–Kier alpha value is -0.590. The minimum absolute atomic E-state index is 0.00926. The third-order valence-electron chi connectivity index (χ3n) is 2.88. The average Bonchev–Trinajstić information content (AvgIpc) is 2.53. The van der Waals surface area contributed by atoms with E-state index >= 15 is 0 Å². The van der Waals surface area contributed by atoms with Crippen molar-refractivity contribution < 1.29 is 4.74 Å². The van der Waals surface area contributed by atoms with Gasteiger partial charge in [0.25, 0.3) is 5.54 Å². The molecule has 2 rings (SSSR count). The Labute approximate surface area is 66.5 Å². The minimum atomic E-state index is -0.236. The van der Waals surface area contributed by atoms with E-state index in [0.29, 0.717) is 5.92 Å². The molecule has 1 N–H and O–H groups in total. The topological polar surface area (TPSA) is 25.6 Å². The molecule has 2 heterocycles. The van der Waals surface area contributed by atoms with Crippen molar-refractivity contribution in [3.63, 3.8) is 0 Å². The van der Waals surface area contributed by atoms with E-state index in [9.17, 15) is 0 Å². The summed E-state index contributed by atoms with van der Waals surface area (Å²) in [7, 11) is 0. The highest BCUT2D eigenvalue weighted by Crippen LogP contribution is 2.39. The molecule has 0 amide bonds. The van der Waals surface area contributed by atoms with Crippen molar-refractivity contribution in [1.29, 1.82) is 0 Å². The molecular formula is C8H12N2O. The summed E-state index contributed by atoms with van der Waals surface area (Å²) >= 11 is 0. The van der Waals surface area contributed by atoms with Crippen LogP contribution in [0.15, 0.2) is 0 Å². The highest BCUT2D eigenvalue weighted by molar-refractivity contribution is 5.14. The van der Waals surface area contributed by atoms with Gasteiger partial charge in [0.2, 0.25) is 0 Å². The molecule has 2 aliphatic rings. The predicted molar refractivity (Wildman–Crippen MR) is 40.9 cm³/mol. The van der Waals surface area contributed by atoms with Gasteiger partial charge < -0.3 is 9.58 Å². The lowest BCUT2D eigenvalue weighted by molar-refractivity contribution is 0.0835. The fraction of sp³-hybridized carbons (Fsp3) is 0.875. The molecule has 60 valence electrons. The summed E-state index contributed by atoms with van der Waals surface area (Å²) in [5.74, 6) is 0.389. The van der Waals surface area contributed by atoms with E-state index in [0.717, 1.165) is 19.6 Å². The average molecular weight is 152 g/mol. The van der Waals surface area contributed by atoms with E-state index in [1.54, 1.807) is 0 Å². The minimum Gasteiger partial charge on any atom is -0.354 e. The Morgan fingerprint density at radius 2 is 2.55 bits per heavy atom. The standard InChI is InChI=1S/C8H12N2O/c1-6-5-11-7-8(6,9-2)3-4-10-7/h6-7,10H,3-5H2,1H3. The molecule has 3 atom stereocenters. The van der Waals surface area contributed by atoms with Crippen LogP contribution in [0.5, 0.6) is 0 Å². The fourth-order valence-electron chi connectivity index (χ4n) is 2.03. The number of hydrogen-bond acceptors (Lipinski definition) is 2. The van der Waals surface area contributed by atoms with Gasteiger partial charge in [0, 0.05) is 13.0 Å². The van der Waals surface area contributed by atoms with Crippen molar-refractivity contribution in [3.8, 4) is 0 Å². The van der Waals surface area contributed by atoms with Gasteiger partial charge in [0.05, 0.1) is 12.5 Å². The molecule has 0 radical (unpaired) electrons. The number of ether oxygens (including phenoxy) is 1. The molecule has 3 heteroatoms. The normalized spacial score (nSPS) is 48.7. The van der Waals surface area contributed by atoms with E-state index in [4.69, 9.17) is 11.3 Å². The molecule has 11 heavy (non-hydrogen) atoms. The number of nitrogens with zero attached hydrogens (tertiary/aromatic N) is 1. The molecule has 2 aliphatic heterocycles. The molecule has 0 spiro atoms. The quantitative estimate of drug-likeness (QED) is 0.515. The summed E-state index contributed by atoms with van der Waals surface area (Å²) in [6, 6.07) is 0. The highest BCUT2D eigenvalue weighted by Gasteiger charge is 2.59. The number of hydrogen-bond donors (Lipinski definition) is 1. The maximum absolute atomic E-state index is 7.15. The van der Waals surface area contributed by atoms with Crippen LogP contribution in [0.3, 0.4) is 0 Å². The Bertz CT molecular complexity index is 211. The van der Waals surface area contributed by atoms with E-state index < -0.39 is 0 Å². The van der Waals surface area contributed by atoms with Crippen LogP contribution in [0.25, 0.3) is 4.85 Å². The monoisotopic (exact) mass is 152 g/mol. The smallest absolute Gasteiger partial charge is 0.277 e. The summed E-state index contributed by atoms with van der Waals surface area (Å²) in [6.07, 6.45) is 0.956. The largest absolute Gasteiger partial charge is 0.354 e. The first kappa shape index (κ1) is 7.08. The Balaban J connectivity index is 2.31. The molecule has 0 aliphatic carbocycles. The Morgan fingerprint density at radius 3 is 3.18 bits per heavy atom. The third kappa shape index (κ3) is 0.741. The second-order valence-corrected chi connectivity index (χ2v) is 3.42. The summed E-state index contributed by atoms with van der Waals surface area (Å²) in [4.78, 5) is 3.72. The Kier molecular flexibility index (Phi) is 1.41. The lowest BCUT2D eigenvalue weighted by Crippen LogP contribution is -2.39. The summed E-state index contributed by atoms with van der Waals surface area (Å²) in [5, 5.41) is 3.20. The van der Waals surface area contributed by atoms with E-state index in [-0.39, 0.29) is 11.8 Å². The second-order valence-electron chi connectivity index (χ2n) is 3.42. The molecule has 3 nitrogen and oxygen atoms in total. The summed E-state index contributed by atoms with van der Waals surface area (Å²) in [5.41, 5.74) is -0.236. The first-order valence-electron chi connectivity index (χ1n) is 4.03. The molecule has 2 saturated heterocycles. The van der Waals surface area contributed by atoms with Crippen molar-refractivity contribution in [1.82, 2.24) is 5.32 Å². The van der Waals surface area contributed by atoms with Crippen molar-refractivity contribution in [2.45, 2.75) is 25.1 Å². The lowest BCUT2D eigenvalue weighted by atomic mass is 9.86. The van der Waals surface area contributed by atoms with Gasteiger partial charge in [-0.2, -0.15) is 0 Å². The molecule has 0 saturated carbocycles. The highest BCUT2D eigenvalue weighted by atomic mass is 16.5. The van der Waals surface area contributed by atoms with Crippen molar-refractivity contribution in [2.24, 2.45) is 5.92 Å². The van der Waals surface area contributed by atoms with Gasteiger partial charge in [-0.3, -0.25) is 5.32 Å². The van der Waals surface area contributed by atoms with Crippen molar-refractivity contribution in [2.75, 3.05) is 13.2 Å². The molecular weight excluding hydrogens is 140 g/mol. The predicted octanol–water partition coefficient (Wildman–Crippen LogP) is 0.630. The third-order valence-corrected chi connectivity index (χ3v) is 2.88. The number of nitrogens with one attached hydrogen (secondary N) is 1. The number of rotatable bonds is 0. The maximum atomic E-state index is 7.15. The first-order chi connectivity index (χ1) is 5.29. The van der Waals surface area contributed by atoms with Crippen LogP contribution in [-0.4, -0.2) is 24.9 Å². The molecule has 0 bridgehead atoms. The van der Waals surface area contributed by atoms with Gasteiger partial charge in [0.1, 0.15) is 0 Å². The zero-order valence-corrected chi connectivity index (χ0v) is 6.63. The van der Waals surface area contributed by atoms with Crippen LogP contribution >= 0.6 is 0 Å². The molecule has 2 fully saturated rings. The van der Waals surface area contributed by atoms with E-state index in [2.05, 4.69) is 17.1 Å². The molecule has 3 unspecified atom stereocenters. The van der Waals surface area contributed by atoms with Gasteiger partial charge in [-0.1, -0.05) is 6.92 Å². The molecule has 0 aromatic rings. The van der Waals surface area contributed by atoms with Gasteiger partial charge >= 0.3 is 0 Å². The molecule has 0 aromatic heterocycles. The van der Waals surface area contributed by atoms with Gasteiger partial charge in [-0.15, -0.1) is 0 Å². The van der Waals surface area contributed by atoms with Crippen LogP contribution in [0, 0.1) is 12.5 Å². The van der Waals surface area contributed by atoms with Crippen LogP contribution in [-0.2, 0) is 4.74 Å². The van der Waals surface area contributed by atoms with Gasteiger partial charge in [0.15, 0.2) is 6.23 Å². The second kappa shape index (κ2) is 2.20. The summed E-state index contributed by atoms with van der Waals surface area (Å²) < 4.78 is 5.46. The Morgan fingerprint density at radius 1 is 1.73 bits per heavy atom. The van der Waals surface area contributed by atoms with E-state index in [1.165, 1.54) is 0 Å². The van der Waals surface area contributed by atoms with Gasteiger partial charge in [-0.25, -0.2) is 6.57 Å². The fourth-order valence-corrected chi connectivity index (χ4v) is 2.03. The maximum Gasteiger partial charge on any atom is 0.277 e. The lowest BCUT2D eigenvalue weighted by Gasteiger charge is -2.16. The van der Waals surface area contributed by atoms with Crippen molar-refractivity contribution >= 4 is 0 Å². The van der Waals surface area contributed by atoms with Crippen LogP contribution in [0.1, 0.15) is 13.3 Å².